The van der Waals surface area contributed by atoms with Gasteiger partial charge in [0.1, 0.15) is 5.82 Å². The van der Waals surface area contributed by atoms with Crippen LogP contribution in [0.3, 0.4) is 0 Å². The van der Waals surface area contributed by atoms with Gasteiger partial charge in [-0.2, -0.15) is 0 Å². The number of hydrogen-bond donors (Lipinski definition) is 1. The summed E-state index contributed by atoms with van der Waals surface area (Å²) in [5.74, 6) is -0.440. The van der Waals surface area contributed by atoms with E-state index in [9.17, 15) is 12.8 Å². The second kappa shape index (κ2) is 5.96. The molecule has 0 atom stereocenters. The van der Waals surface area contributed by atoms with Crippen LogP contribution < -0.4 is 4.72 Å². The SMILES string of the molecule is CCCCCNS(=O)(=O)c1ccc(F)cc1. The van der Waals surface area contributed by atoms with Crippen molar-refractivity contribution in [1.82, 2.24) is 4.72 Å². The molecule has 0 amide bonds. The van der Waals surface area contributed by atoms with Gasteiger partial charge in [-0.3, -0.25) is 0 Å². The van der Waals surface area contributed by atoms with E-state index in [1.54, 1.807) is 0 Å². The summed E-state index contributed by atoms with van der Waals surface area (Å²) in [6.45, 7) is 2.47. The molecule has 3 nitrogen and oxygen atoms in total. The van der Waals surface area contributed by atoms with Crippen LogP contribution in [0.25, 0.3) is 0 Å². The third kappa shape index (κ3) is 3.90. The van der Waals surface area contributed by atoms with Gasteiger partial charge in [-0.1, -0.05) is 19.8 Å². The van der Waals surface area contributed by atoms with Gasteiger partial charge in [0, 0.05) is 6.54 Å². The van der Waals surface area contributed by atoms with E-state index in [0.29, 0.717) is 6.54 Å². The zero-order valence-electron chi connectivity index (χ0n) is 9.24. The molecule has 16 heavy (non-hydrogen) atoms. The lowest BCUT2D eigenvalue weighted by molar-refractivity contribution is 0.575. The van der Waals surface area contributed by atoms with Gasteiger partial charge in [0.15, 0.2) is 0 Å². The lowest BCUT2D eigenvalue weighted by atomic mass is 10.3. The van der Waals surface area contributed by atoms with Crippen molar-refractivity contribution in [2.24, 2.45) is 0 Å². The Hall–Kier alpha value is -0.940. The van der Waals surface area contributed by atoms with Crippen molar-refractivity contribution in [3.63, 3.8) is 0 Å². The molecule has 0 heterocycles. The Balaban J connectivity index is 2.60. The van der Waals surface area contributed by atoms with Crippen LogP contribution in [-0.2, 0) is 10.0 Å². The fourth-order valence-electron chi connectivity index (χ4n) is 1.28. The average molecular weight is 245 g/mol. The number of sulfonamides is 1. The molecule has 0 radical (unpaired) electrons. The van der Waals surface area contributed by atoms with E-state index in [-0.39, 0.29) is 4.90 Å². The third-order valence-electron chi connectivity index (χ3n) is 2.20. The highest BCUT2D eigenvalue weighted by molar-refractivity contribution is 7.89. The summed E-state index contributed by atoms with van der Waals surface area (Å²) < 4.78 is 38.4. The molecule has 5 heteroatoms. The molecule has 1 rings (SSSR count). The van der Waals surface area contributed by atoms with E-state index in [2.05, 4.69) is 11.6 Å². The lowest BCUT2D eigenvalue weighted by Crippen LogP contribution is -2.24. The summed E-state index contributed by atoms with van der Waals surface area (Å²) in [7, 11) is -3.47. The molecule has 0 aliphatic rings. The number of hydrogen-bond acceptors (Lipinski definition) is 2. The summed E-state index contributed by atoms with van der Waals surface area (Å²) >= 11 is 0. The van der Waals surface area contributed by atoms with Crippen molar-refractivity contribution in [2.75, 3.05) is 6.54 Å². The summed E-state index contributed by atoms with van der Waals surface area (Å²) in [6, 6.07) is 4.80. The topological polar surface area (TPSA) is 46.2 Å². The molecule has 0 aliphatic carbocycles. The molecule has 0 unspecified atom stereocenters. The van der Waals surface area contributed by atoms with E-state index >= 15 is 0 Å². The van der Waals surface area contributed by atoms with Crippen LogP contribution >= 0.6 is 0 Å². The molecule has 1 aromatic carbocycles. The van der Waals surface area contributed by atoms with Gasteiger partial charge in [0.25, 0.3) is 0 Å². The first-order valence-electron chi connectivity index (χ1n) is 5.31. The van der Waals surface area contributed by atoms with Crippen molar-refractivity contribution in [2.45, 2.75) is 31.1 Å². The molecule has 0 fully saturated rings. The Bertz CT molecular complexity index is 414. The fourth-order valence-corrected chi connectivity index (χ4v) is 2.35. The highest BCUT2D eigenvalue weighted by Crippen LogP contribution is 2.09. The maximum Gasteiger partial charge on any atom is 0.240 e. The van der Waals surface area contributed by atoms with Crippen molar-refractivity contribution in [3.8, 4) is 0 Å². The molecule has 0 saturated carbocycles. The Morgan fingerprint density at radius 2 is 1.81 bits per heavy atom. The second-order valence-corrected chi connectivity index (χ2v) is 5.33. The van der Waals surface area contributed by atoms with E-state index in [0.717, 1.165) is 31.4 Å². The summed E-state index contributed by atoms with van der Waals surface area (Å²) in [5.41, 5.74) is 0. The average Bonchev–Trinajstić information content (AvgIpc) is 2.25. The van der Waals surface area contributed by atoms with E-state index < -0.39 is 15.8 Å². The van der Waals surface area contributed by atoms with Crippen LogP contribution in [0.15, 0.2) is 29.2 Å². The molecule has 1 N–H and O–H groups in total. The second-order valence-electron chi connectivity index (χ2n) is 3.56. The van der Waals surface area contributed by atoms with Crippen molar-refractivity contribution in [1.29, 1.82) is 0 Å². The normalized spacial score (nSPS) is 11.6. The molecule has 0 spiro atoms. The van der Waals surface area contributed by atoms with Gasteiger partial charge < -0.3 is 0 Å². The van der Waals surface area contributed by atoms with Gasteiger partial charge in [-0.15, -0.1) is 0 Å². The van der Waals surface area contributed by atoms with Crippen molar-refractivity contribution < 1.29 is 12.8 Å². The molecular weight excluding hydrogens is 229 g/mol. The monoisotopic (exact) mass is 245 g/mol. The van der Waals surface area contributed by atoms with Gasteiger partial charge >= 0.3 is 0 Å². The van der Waals surface area contributed by atoms with E-state index in [4.69, 9.17) is 0 Å². The number of halogens is 1. The highest BCUT2D eigenvalue weighted by Gasteiger charge is 2.12. The number of nitrogens with one attached hydrogen (secondary N) is 1. The zero-order chi connectivity index (χ0) is 12.0. The minimum atomic E-state index is -3.47. The largest absolute Gasteiger partial charge is 0.240 e. The van der Waals surface area contributed by atoms with E-state index in [1.165, 1.54) is 12.1 Å². The summed E-state index contributed by atoms with van der Waals surface area (Å²) in [6.07, 6.45) is 2.85. The Kier molecular flexibility index (Phi) is 4.89. The van der Waals surface area contributed by atoms with Crippen LogP contribution in [0.2, 0.25) is 0 Å². The first-order valence-corrected chi connectivity index (χ1v) is 6.80. The smallest absolute Gasteiger partial charge is 0.211 e. The van der Waals surface area contributed by atoms with Crippen LogP contribution in [0.1, 0.15) is 26.2 Å². The summed E-state index contributed by atoms with van der Waals surface area (Å²) in [5, 5.41) is 0. The number of rotatable bonds is 6. The standard InChI is InChI=1S/C11H16FNO2S/c1-2-3-4-9-13-16(14,15)11-7-5-10(12)6-8-11/h5-8,13H,2-4,9H2,1H3. The number of unbranched alkanes of at least 4 members (excludes halogenated alkanes) is 2. The number of benzene rings is 1. The van der Waals surface area contributed by atoms with Gasteiger partial charge in [-0.05, 0) is 30.7 Å². The van der Waals surface area contributed by atoms with Crippen LogP contribution in [0.5, 0.6) is 0 Å². The van der Waals surface area contributed by atoms with Gasteiger partial charge in [-0.25, -0.2) is 17.5 Å². The van der Waals surface area contributed by atoms with E-state index in [1.807, 2.05) is 0 Å². The molecule has 0 aliphatic heterocycles. The summed E-state index contributed by atoms with van der Waals surface area (Å²) in [4.78, 5) is 0.102. The molecule has 0 bridgehead atoms. The van der Waals surface area contributed by atoms with Gasteiger partial charge in [0.05, 0.1) is 4.90 Å². The lowest BCUT2D eigenvalue weighted by Gasteiger charge is -2.05. The molecule has 0 saturated heterocycles. The maximum absolute atomic E-state index is 12.6. The van der Waals surface area contributed by atoms with Gasteiger partial charge in [0.2, 0.25) is 10.0 Å². The van der Waals surface area contributed by atoms with Crippen molar-refractivity contribution in [3.05, 3.63) is 30.1 Å². The Labute approximate surface area is 95.7 Å². The van der Waals surface area contributed by atoms with Crippen molar-refractivity contribution >= 4 is 10.0 Å². The first-order chi connectivity index (χ1) is 7.56. The molecular formula is C11H16FNO2S. The minimum Gasteiger partial charge on any atom is -0.211 e. The first kappa shape index (κ1) is 13.1. The minimum absolute atomic E-state index is 0.102. The quantitative estimate of drug-likeness (QED) is 0.782. The van der Waals surface area contributed by atoms with Crippen LogP contribution in [0.4, 0.5) is 4.39 Å². The van der Waals surface area contributed by atoms with Crippen LogP contribution in [0, 0.1) is 5.82 Å². The Morgan fingerprint density at radius 3 is 2.38 bits per heavy atom. The highest BCUT2D eigenvalue weighted by atomic mass is 32.2. The third-order valence-corrected chi connectivity index (χ3v) is 3.67. The predicted molar refractivity (Wildman–Crippen MR) is 61.1 cm³/mol. The molecule has 0 aromatic heterocycles. The predicted octanol–water partition coefficient (Wildman–Crippen LogP) is 2.29. The molecule has 1 aromatic rings. The maximum atomic E-state index is 12.6. The zero-order valence-corrected chi connectivity index (χ0v) is 10.1. The fraction of sp³-hybridized carbons (Fsp3) is 0.455. The molecule has 90 valence electrons. The van der Waals surface area contributed by atoms with Crippen LogP contribution in [-0.4, -0.2) is 15.0 Å². The Morgan fingerprint density at radius 1 is 1.19 bits per heavy atom.